The number of hydrogen-bond donors (Lipinski definition) is 4. The molecule has 4 aromatic rings. The average Bonchev–Trinajstić information content (AvgIpc) is 3.58. The summed E-state index contributed by atoms with van der Waals surface area (Å²) in [6.45, 7) is 9.49. The molecule has 0 saturated carbocycles. The van der Waals surface area contributed by atoms with Crippen molar-refractivity contribution < 1.29 is 4.79 Å². The van der Waals surface area contributed by atoms with E-state index in [1.807, 2.05) is 43.3 Å². The number of aromatic nitrogens is 1. The fraction of sp³-hybridized carbons (Fsp3) is 0.143. The SMILES string of the molecule is C=C(C)C(=O)Nc1cc(C)cc(-c2cc(Cc3ccccc3)cc(NC3=C(N)C/3=C(\N)Cc3ccc(C)cc3)n2)c1. The molecule has 0 saturated heterocycles. The summed E-state index contributed by atoms with van der Waals surface area (Å²) in [4.78, 5) is 17.2. The predicted octanol–water partition coefficient (Wildman–Crippen LogP) is 6.52. The quantitative estimate of drug-likeness (QED) is 0.181. The zero-order valence-electron chi connectivity index (χ0n) is 23.7. The summed E-state index contributed by atoms with van der Waals surface area (Å²) in [7, 11) is 0. The second-order valence-corrected chi connectivity index (χ2v) is 10.7. The number of nitrogens with one attached hydrogen (secondary N) is 2. The first-order valence-corrected chi connectivity index (χ1v) is 13.6. The van der Waals surface area contributed by atoms with Crippen molar-refractivity contribution in [1.29, 1.82) is 0 Å². The van der Waals surface area contributed by atoms with Crippen LogP contribution in [0, 0.1) is 13.8 Å². The smallest absolute Gasteiger partial charge is 0.250 e. The number of benzene rings is 3. The third kappa shape index (κ3) is 6.73. The third-order valence-electron chi connectivity index (χ3n) is 6.97. The van der Waals surface area contributed by atoms with Gasteiger partial charge in [-0.25, -0.2) is 4.98 Å². The molecule has 3 aromatic carbocycles. The van der Waals surface area contributed by atoms with E-state index in [0.29, 0.717) is 29.2 Å². The van der Waals surface area contributed by atoms with Crippen LogP contribution in [0.5, 0.6) is 0 Å². The van der Waals surface area contributed by atoms with Gasteiger partial charge in [0, 0.05) is 34.5 Å². The number of allylic oxidation sites excluding steroid dienone is 3. The molecule has 0 atom stereocenters. The molecule has 1 aromatic heterocycles. The Morgan fingerprint density at radius 2 is 1.61 bits per heavy atom. The highest BCUT2D eigenvalue weighted by Gasteiger charge is 2.30. The lowest BCUT2D eigenvalue weighted by Gasteiger charge is -2.13. The molecule has 0 spiro atoms. The van der Waals surface area contributed by atoms with E-state index in [2.05, 4.69) is 72.7 Å². The first kappa shape index (κ1) is 27.5. The number of rotatable bonds is 9. The Kier molecular flexibility index (Phi) is 7.74. The van der Waals surface area contributed by atoms with Crippen molar-refractivity contribution >= 4 is 17.4 Å². The van der Waals surface area contributed by atoms with Crippen LogP contribution in [0.3, 0.4) is 0 Å². The number of amides is 1. The van der Waals surface area contributed by atoms with E-state index in [0.717, 1.165) is 51.3 Å². The number of nitrogens with zero attached hydrogens (tertiary/aromatic N) is 1. The van der Waals surface area contributed by atoms with Gasteiger partial charge < -0.3 is 22.1 Å². The van der Waals surface area contributed by atoms with Crippen LogP contribution in [-0.4, -0.2) is 10.9 Å². The van der Waals surface area contributed by atoms with Gasteiger partial charge in [0.2, 0.25) is 0 Å². The number of pyridine rings is 1. The zero-order chi connectivity index (χ0) is 29.1. The van der Waals surface area contributed by atoms with Gasteiger partial charge in [-0.3, -0.25) is 4.79 Å². The van der Waals surface area contributed by atoms with Crippen molar-refractivity contribution in [1.82, 2.24) is 4.98 Å². The maximum atomic E-state index is 12.3. The van der Waals surface area contributed by atoms with Crippen molar-refractivity contribution in [3.8, 4) is 11.3 Å². The minimum atomic E-state index is -0.214. The van der Waals surface area contributed by atoms with E-state index in [1.54, 1.807) is 6.92 Å². The lowest BCUT2D eigenvalue weighted by molar-refractivity contribution is -0.112. The fourth-order valence-electron chi connectivity index (χ4n) is 4.78. The van der Waals surface area contributed by atoms with Crippen LogP contribution in [0.4, 0.5) is 11.5 Å². The van der Waals surface area contributed by atoms with Crippen LogP contribution >= 0.6 is 0 Å². The standard InChI is InChI=1S/C35H35N5O/c1-21(2)35(41)38-28-15-23(4)14-27(20-28)30-18-26(16-24-8-6-5-7-9-24)19-31(39-30)40-34-32(33(34)37)29(36)17-25-12-10-22(3)11-13-25/h5-15,18-20H,1,16-17,36-37H2,2-4H3,(H,38,41)(H,39,40)/b32-29+. The summed E-state index contributed by atoms with van der Waals surface area (Å²) < 4.78 is 0. The number of nitrogens with two attached hydrogens (primary N) is 2. The highest BCUT2D eigenvalue weighted by atomic mass is 16.1. The second-order valence-electron chi connectivity index (χ2n) is 10.7. The monoisotopic (exact) mass is 541 g/mol. The largest absolute Gasteiger partial charge is 0.401 e. The van der Waals surface area contributed by atoms with Crippen molar-refractivity contribution in [3.05, 3.63) is 148 Å². The summed E-state index contributed by atoms with van der Waals surface area (Å²) in [5, 5.41) is 6.35. The van der Waals surface area contributed by atoms with Crippen LogP contribution in [0.25, 0.3) is 11.3 Å². The molecular formula is C35H35N5O. The fourth-order valence-corrected chi connectivity index (χ4v) is 4.78. The minimum absolute atomic E-state index is 0.214. The van der Waals surface area contributed by atoms with Crippen molar-refractivity contribution in [2.24, 2.45) is 11.5 Å². The summed E-state index contributed by atoms with van der Waals surface area (Å²) in [5.41, 5.74) is 24.4. The van der Waals surface area contributed by atoms with Crippen LogP contribution < -0.4 is 22.1 Å². The van der Waals surface area contributed by atoms with Gasteiger partial charge in [0.1, 0.15) is 5.82 Å². The molecular weight excluding hydrogens is 506 g/mol. The lowest BCUT2D eigenvalue weighted by Crippen LogP contribution is -2.12. The van der Waals surface area contributed by atoms with E-state index in [-0.39, 0.29) is 5.91 Å². The van der Waals surface area contributed by atoms with Gasteiger partial charge in [-0.1, -0.05) is 66.7 Å². The van der Waals surface area contributed by atoms with Gasteiger partial charge in [-0.05, 0) is 79.8 Å². The number of anilines is 2. The minimum Gasteiger partial charge on any atom is -0.401 e. The summed E-state index contributed by atoms with van der Waals surface area (Å²) >= 11 is 0. The number of hydrogen-bond acceptors (Lipinski definition) is 5. The van der Waals surface area contributed by atoms with E-state index < -0.39 is 0 Å². The van der Waals surface area contributed by atoms with E-state index in [9.17, 15) is 4.79 Å². The number of aryl methyl sites for hydroxylation is 2. The van der Waals surface area contributed by atoms with Crippen LogP contribution in [0.15, 0.2) is 120 Å². The highest BCUT2D eigenvalue weighted by Crippen LogP contribution is 2.37. The Morgan fingerprint density at radius 3 is 2.32 bits per heavy atom. The third-order valence-corrected chi connectivity index (χ3v) is 6.97. The van der Waals surface area contributed by atoms with Crippen molar-refractivity contribution in [3.63, 3.8) is 0 Å². The Bertz CT molecular complexity index is 1700. The van der Waals surface area contributed by atoms with Crippen LogP contribution in [0.2, 0.25) is 0 Å². The molecule has 6 N–H and O–H groups in total. The molecule has 41 heavy (non-hydrogen) atoms. The van der Waals surface area contributed by atoms with Gasteiger partial charge in [0.25, 0.3) is 5.91 Å². The number of carbonyl (C=O) groups is 1. The molecule has 0 aliphatic heterocycles. The van der Waals surface area contributed by atoms with Gasteiger partial charge in [0.15, 0.2) is 0 Å². The Balaban J connectivity index is 1.46. The molecule has 0 radical (unpaired) electrons. The average molecular weight is 542 g/mol. The first-order chi connectivity index (χ1) is 19.7. The van der Waals surface area contributed by atoms with E-state index >= 15 is 0 Å². The summed E-state index contributed by atoms with van der Waals surface area (Å²) in [6, 6.07) is 28.7. The highest BCUT2D eigenvalue weighted by molar-refractivity contribution is 6.03. The van der Waals surface area contributed by atoms with Gasteiger partial charge >= 0.3 is 0 Å². The van der Waals surface area contributed by atoms with E-state index in [1.165, 1.54) is 11.1 Å². The Hall–Kier alpha value is -5.10. The maximum absolute atomic E-state index is 12.3. The number of carbonyl (C=O) groups excluding carboxylic acids is 1. The van der Waals surface area contributed by atoms with Crippen molar-refractivity contribution in [2.45, 2.75) is 33.6 Å². The van der Waals surface area contributed by atoms with Crippen LogP contribution in [-0.2, 0) is 17.6 Å². The molecule has 1 aliphatic carbocycles. The molecule has 6 heteroatoms. The Labute approximate surface area is 241 Å². The molecule has 1 amide bonds. The van der Waals surface area contributed by atoms with Crippen molar-refractivity contribution in [2.75, 3.05) is 10.6 Å². The van der Waals surface area contributed by atoms with Gasteiger partial charge in [0.05, 0.1) is 17.1 Å². The Morgan fingerprint density at radius 1 is 0.878 bits per heavy atom. The van der Waals surface area contributed by atoms with Gasteiger partial charge in [-0.2, -0.15) is 0 Å². The molecule has 1 aliphatic rings. The topological polar surface area (TPSA) is 106 Å². The first-order valence-electron chi connectivity index (χ1n) is 13.6. The van der Waals surface area contributed by atoms with Crippen LogP contribution in [0.1, 0.15) is 34.7 Å². The molecule has 0 fully saturated rings. The summed E-state index contributed by atoms with van der Waals surface area (Å²) in [5.74, 6) is 0.465. The molecule has 6 nitrogen and oxygen atoms in total. The maximum Gasteiger partial charge on any atom is 0.250 e. The predicted molar refractivity (Wildman–Crippen MR) is 168 cm³/mol. The summed E-state index contributed by atoms with van der Waals surface area (Å²) in [6.07, 6.45) is 1.36. The molecule has 0 unspecified atom stereocenters. The van der Waals surface area contributed by atoms with E-state index in [4.69, 9.17) is 16.5 Å². The second kappa shape index (κ2) is 11.6. The zero-order valence-corrected chi connectivity index (χ0v) is 23.7. The molecule has 206 valence electrons. The molecule has 5 rings (SSSR count). The lowest BCUT2D eigenvalue weighted by atomic mass is 10.0. The molecule has 0 bridgehead atoms. The van der Waals surface area contributed by atoms with Gasteiger partial charge in [-0.15, -0.1) is 0 Å². The molecule has 1 heterocycles. The normalized spacial score (nSPS) is 13.5.